The summed E-state index contributed by atoms with van der Waals surface area (Å²) in [4.78, 5) is 8.04. The summed E-state index contributed by atoms with van der Waals surface area (Å²) < 4.78 is 35.8. The zero-order valence-electron chi connectivity index (χ0n) is 13.5. The number of benzene rings is 1. The van der Waals surface area contributed by atoms with E-state index in [0.29, 0.717) is 22.7 Å². The van der Waals surface area contributed by atoms with Crippen molar-refractivity contribution in [3.05, 3.63) is 35.6 Å². The van der Waals surface area contributed by atoms with Crippen LogP contribution in [0.1, 0.15) is 12.5 Å². The molecule has 0 bridgehead atoms. The standard InChI is InChI=1S/C16H15ClF2N6O/c17-9-2-1-3-10(6-9)26-15-12-13(20)22-8-23-14(12)25(24-15)11-4-5-21-7-16(11,18)19/h1-3,6,8,11,21H,4-5,7H2,(H2,20,22,23). The second-order valence-corrected chi connectivity index (χ2v) is 6.45. The van der Waals surface area contributed by atoms with Crippen LogP contribution < -0.4 is 15.8 Å². The van der Waals surface area contributed by atoms with Crippen LogP contribution >= 0.6 is 11.6 Å². The molecule has 0 aliphatic carbocycles. The van der Waals surface area contributed by atoms with Crippen molar-refractivity contribution in [2.75, 3.05) is 18.8 Å². The molecule has 136 valence electrons. The van der Waals surface area contributed by atoms with Gasteiger partial charge in [-0.3, -0.25) is 0 Å². The average molecular weight is 381 g/mol. The first-order valence-electron chi connectivity index (χ1n) is 7.96. The Morgan fingerprint density at radius 3 is 2.96 bits per heavy atom. The van der Waals surface area contributed by atoms with Crippen LogP contribution in [-0.4, -0.2) is 38.8 Å². The Hall–Kier alpha value is -2.52. The summed E-state index contributed by atoms with van der Waals surface area (Å²) in [5, 5.41) is 7.71. The molecule has 2 aromatic heterocycles. The van der Waals surface area contributed by atoms with Crippen molar-refractivity contribution in [3.8, 4) is 11.6 Å². The summed E-state index contributed by atoms with van der Waals surface area (Å²) in [6.07, 6.45) is 1.42. The maximum absolute atomic E-state index is 14.4. The number of piperidine rings is 1. The van der Waals surface area contributed by atoms with E-state index in [-0.39, 0.29) is 23.8 Å². The zero-order chi connectivity index (χ0) is 18.3. The highest BCUT2D eigenvalue weighted by Crippen LogP contribution is 2.39. The highest BCUT2D eigenvalue weighted by Gasteiger charge is 2.44. The van der Waals surface area contributed by atoms with Gasteiger partial charge in [-0.1, -0.05) is 17.7 Å². The maximum Gasteiger partial charge on any atom is 0.282 e. The number of hydrogen-bond acceptors (Lipinski definition) is 6. The molecule has 1 atom stereocenters. The van der Waals surface area contributed by atoms with Crippen molar-refractivity contribution in [1.29, 1.82) is 0 Å². The molecule has 0 saturated carbocycles. The minimum atomic E-state index is -2.98. The number of anilines is 1. The van der Waals surface area contributed by atoms with Gasteiger partial charge in [-0.15, -0.1) is 5.10 Å². The minimum absolute atomic E-state index is 0.0645. The van der Waals surface area contributed by atoms with Crippen molar-refractivity contribution >= 4 is 28.5 Å². The SMILES string of the molecule is Nc1ncnc2c1c(Oc1cccc(Cl)c1)nn2C1CCNCC1(F)F. The van der Waals surface area contributed by atoms with E-state index in [0.717, 1.165) is 0 Å². The minimum Gasteiger partial charge on any atom is -0.437 e. The third kappa shape index (κ3) is 2.93. The van der Waals surface area contributed by atoms with Crippen LogP contribution in [0.3, 0.4) is 0 Å². The highest BCUT2D eigenvalue weighted by molar-refractivity contribution is 6.30. The number of nitrogens with two attached hydrogens (primary N) is 1. The molecule has 1 aromatic carbocycles. The van der Waals surface area contributed by atoms with Gasteiger partial charge in [-0.25, -0.2) is 23.4 Å². The lowest BCUT2D eigenvalue weighted by molar-refractivity contribution is -0.0686. The Bertz CT molecular complexity index is 963. The van der Waals surface area contributed by atoms with Crippen LogP contribution in [0.25, 0.3) is 11.0 Å². The normalized spacial score (nSPS) is 19.6. The number of ether oxygens (including phenoxy) is 1. The Balaban J connectivity index is 1.84. The molecule has 0 radical (unpaired) electrons. The molecule has 4 rings (SSSR count). The van der Waals surface area contributed by atoms with E-state index in [1.807, 2.05) is 0 Å². The molecular formula is C16H15ClF2N6O. The summed E-state index contributed by atoms with van der Waals surface area (Å²) >= 11 is 5.96. The smallest absolute Gasteiger partial charge is 0.282 e. The highest BCUT2D eigenvalue weighted by atomic mass is 35.5. The summed E-state index contributed by atoms with van der Waals surface area (Å²) in [6, 6.07) is 5.51. The number of fused-ring (bicyclic) bond motifs is 1. The molecule has 0 amide bonds. The van der Waals surface area contributed by atoms with Gasteiger partial charge < -0.3 is 15.8 Å². The third-order valence-electron chi connectivity index (χ3n) is 4.23. The van der Waals surface area contributed by atoms with Gasteiger partial charge in [0.1, 0.15) is 29.3 Å². The van der Waals surface area contributed by atoms with Crippen LogP contribution in [0.15, 0.2) is 30.6 Å². The number of nitrogens with zero attached hydrogens (tertiary/aromatic N) is 4. The Morgan fingerprint density at radius 1 is 1.35 bits per heavy atom. The lowest BCUT2D eigenvalue weighted by Gasteiger charge is -2.31. The summed E-state index contributed by atoms with van der Waals surface area (Å²) in [5.74, 6) is -2.40. The van der Waals surface area contributed by atoms with Crippen LogP contribution in [0.5, 0.6) is 11.6 Å². The Morgan fingerprint density at radius 2 is 2.19 bits per heavy atom. The first-order chi connectivity index (χ1) is 12.5. The number of aromatic nitrogens is 4. The van der Waals surface area contributed by atoms with Crippen molar-refractivity contribution < 1.29 is 13.5 Å². The summed E-state index contributed by atoms with van der Waals surface area (Å²) in [5.41, 5.74) is 6.15. The number of halogens is 3. The average Bonchev–Trinajstić information content (AvgIpc) is 2.94. The van der Waals surface area contributed by atoms with Gasteiger partial charge in [-0.2, -0.15) is 0 Å². The Kier molecular flexibility index (Phi) is 4.12. The fourth-order valence-corrected chi connectivity index (χ4v) is 3.20. The molecule has 1 aliphatic heterocycles. The fourth-order valence-electron chi connectivity index (χ4n) is 3.02. The van der Waals surface area contributed by atoms with Gasteiger partial charge in [0, 0.05) is 5.02 Å². The first kappa shape index (κ1) is 16.9. The molecule has 0 spiro atoms. The van der Waals surface area contributed by atoms with Gasteiger partial charge in [-0.05, 0) is 31.2 Å². The van der Waals surface area contributed by atoms with Crippen LogP contribution in [-0.2, 0) is 0 Å². The lowest BCUT2D eigenvalue weighted by atomic mass is 10.0. The van der Waals surface area contributed by atoms with Crippen molar-refractivity contribution in [2.24, 2.45) is 0 Å². The monoisotopic (exact) mass is 380 g/mol. The number of nitrogens with one attached hydrogen (secondary N) is 1. The van der Waals surface area contributed by atoms with Gasteiger partial charge in [0.15, 0.2) is 5.65 Å². The summed E-state index contributed by atoms with van der Waals surface area (Å²) in [6.45, 7) is 0.0245. The van der Waals surface area contributed by atoms with Crippen LogP contribution in [0.4, 0.5) is 14.6 Å². The first-order valence-corrected chi connectivity index (χ1v) is 8.34. The fraction of sp³-hybridized carbons (Fsp3) is 0.312. The quantitative estimate of drug-likeness (QED) is 0.725. The molecular weight excluding hydrogens is 366 g/mol. The van der Waals surface area contributed by atoms with Crippen molar-refractivity contribution in [1.82, 2.24) is 25.1 Å². The van der Waals surface area contributed by atoms with E-state index < -0.39 is 18.5 Å². The van der Waals surface area contributed by atoms with Gasteiger partial charge >= 0.3 is 0 Å². The number of alkyl halides is 2. The number of hydrogen-bond donors (Lipinski definition) is 2. The topological polar surface area (TPSA) is 90.9 Å². The van der Waals surface area contributed by atoms with Crippen molar-refractivity contribution in [2.45, 2.75) is 18.4 Å². The van der Waals surface area contributed by atoms with Gasteiger partial charge in [0.05, 0.1) is 6.54 Å². The lowest BCUT2D eigenvalue weighted by Crippen LogP contribution is -2.47. The molecule has 1 aliphatic rings. The molecule has 7 nitrogen and oxygen atoms in total. The maximum atomic E-state index is 14.4. The molecule has 1 fully saturated rings. The summed E-state index contributed by atoms with van der Waals surface area (Å²) in [7, 11) is 0. The number of rotatable bonds is 3. The predicted octanol–water partition coefficient (Wildman–Crippen LogP) is 3.02. The third-order valence-corrected chi connectivity index (χ3v) is 4.47. The van der Waals surface area contributed by atoms with Crippen LogP contribution in [0, 0.1) is 0 Å². The zero-order valence-corrected chi connectivity index (χ0v) is 14.2. The molecule has 10 heteroatoms. The van der Waals surface area contributed by atoms with E-state index in [1.165, 1.54) is 11.0 Å². The van der Waals surface area contributed by atoms with E-state index in [9.17, 15) is 8.78 Å². The second-order valence-electron chi connectivity index (χ2n) is 6.01. The van der Waals surface area contributed by atoms with Crippen LogP contribution in [0.2, 0.25) is 5.02 Å². The van der Waals surface area contributed by atoms with Crippen molar-refractivity contribution in [3.63, 3.8) is 0 Å². The molecule has 3 N–H and O–H groups in total. The van der Waals surface area contributed by atoms with E-state index >= 15 is 0 Å². The molecule has 26 heavy (non-hydrogen) atoms. The number of nitrogen functional groups attached to an aromatic ring is 1. The molecule has 1 unspecified atom stereocenters. The largest absolute Gasteiger partial charge is 0.437 e. The molecule has 1 saturated heterocycles. The molecule has 3 aromatic rings. The van der Waals surface area contributed by atoms with Gasteiger partial charge in [0.2, 0.25) is 0 Å². The van der Waals surface area contributed by atoms with E-state index in [4.69, 9.17) is 22.1 Å². The van der Waals surface area contributed by atoms with Gasteiger partial charge in [0.25, 0.3) is 11.8 Å². The Labute approximate surface area is 152 Å². The molecule has 3 heterocycles. The van der Waals surface area contributed by atoms with E-state index in [2.05, 4.69) is 20.4 Å². The second kappa shape index (κ2) is 6.33. The van der Waals surface area contributed by atoms with E-state index in [1.54, 1.807) is 24.3 Å². The predicted molar refractivity (Wildman–Crippen MR) is 92.7 cm³/mol.